The number of rotatable bonds is 6. The number of ether oxygens (including phenoxy) is 1. The van der Waals surface area contributed by atoms with Gasteiger partial charge in [0.05, 0.1) is 5.69 Å². The summed E-state index contributed by atoms with van der Waals surface area (Å²) < 4.78 is 9.17. The quantitative estimate of drug-likeness (QED) is 0.704. The lowest BCUT2D eigenvalue weighted by Gasteiger charge is -2.41. The van der Waals surface area contributed by atoms with Gasteiger partial charge in [0.25, 0.3) is 5.91 Å². The Balaban J connectivity index is 1.63. The molecule has 0 N–H and O–H groups in total. The molecule has 144 valence electrons. The summed E-state index contributed by atoms with van der Waals surface area (Å²) in [6, 6.07) is 0.628. The fourth-order valence-electron chi connectivity index (χ4n) is 4.29. The third kappa shape index (κ3) is 4.61. The van der Waals surface area contributed by atoms with E-state index in [1.807, 2.05) is 6.92 Å². The van der Waals surface area contributed by atoms with Crippen LogP contribution in [0.1, 0.15) is 86.5 Å². The molecule has 0 aliphatic heterocycles. The summed E-state index contributed by atoms with van der Waals surface area (Å²) in [5, 5.41) is 3.94. The first kappa shape index (κ1) is 19.3. The minimum absolute atomic E-state index is 0.0346. The third-order valence-electron chi connectivity index (χ3n) is 5.63. The van der Waals surface area contributed by atoms with Gasteiger partial charge in [-0.3, -0.25) is 4.79 Å². The van der Waals surface area contributed by atoms with E-state index in [-0.39, 0.29) is 12.5 Å². The number of hydrogen-bond acceptors (Lipinski definition) is 6. The maximum atomic E-state index is 13.0. The molecule has 0 aromatic carbocycles. The van der Waals surface area contributed by atoms with E-state index in [2.05, 4.69) is 14.5 Å². The molecule has 3 rings (SSSR count). The van der Waals surface area contributed by atoms with Gasteiger partial charge < -0.3 is 9.64 Å². The van der Waals surface area contributed by atoms with Gasteiger partial charge in [0.15, 0.2) is 11.5 Å². The Hall–Kier alpha value is -1.50. The molecular formula is C19H29N3O3S. The van der Waals surface area contributed by atoms with Gasteiger partial charge in [-0.05, 0) is 43.6 Å². The fourth-order valence-corrected chi connectivity index (χ4v) is 4.93. The highest BCUT2D eigenvalue weighted by atomic mass is 32.1. The summed E-state index contributed by atoms with van der Waals surface area (Å²) in [5.74, 6) is -0.509. The van der Waals surface area contributed by atoms with Crippen molar-refractivity contribution in [3.8, 4) is 0 Å². The van der Waals surface area contributed by atoms with Gasteiger partial charge in [-0.15, -0.1) is 5.10 Å². The van der Waals surface area contributed by atoms with Gasteiger partial charge in [-0.2, -0.15) is 0 Å². The van der Waals surface area contributed by atoms with Gasteiger partial charge >= 0.3 is 5.97 Å². The largest absolute Gasteiger partial charge is 0.451 e. The molecule has 7 heteroatoms. The Morgan fingerprint density at radius 3 is 2.15 bits per heavy atom. The van der Waals surface area contributed by atoms with Crippen LogP contribution in [-0.2, 0) is 16.0 Å². The van der Waals surface area contributed by atoms with E-state index in [1.165, 1.54) is 38.5 Å². The Morgan fingerprint density at radius 2 is 1.62 bits per heavy atom. The molecule has 0 saturated heterocycles. The Kier molecular flexibility index (Phi) is 7.00. The van der Waals surface area contributed by atoms with Gasteiger partial charge in [0.1, 0.15) is 0 Å². The standard InChI is InChI=1S/C19H29N3O3S/c1-2-16-18(26-21-20-16)19(24)25-13-17(23)22(14-9-5-3-6-10-14)15-11-7-4-8-12-15/h14-15H,2-13H2,1H3. The number of esters is 1. The maximum Gasteiger partial charge on any atom is 0.352 e. The van der Waals surface area contributed by atoms with Crippen LogP contribution in [0.2, 0.25) is 0 Å². The highest BCUT2D eigenvalue weighted by molar-refractivity contribution is 7.07. The van der Waals surface area contributed by atoms with Gasteiger partial charge in [-0.25, -0.2) is 4.79 Å². The van der Waals surface area contributed by atoms with Crippen LogP contribution in [0.25, 0.3) is 0 Å². The van der Waals surface area contributed by atoms with Crippen molar-refractivity contribution in [2.75, 3.05) is 6.61 Å². The summed E-state index contributed by atoms with van der Waals surface area (Å²) in [6.07, 6.45) is 12.2. The summed E-state index contributed by atoms with van der Waals surface area (Å²) in [5.41, 5.74) is 0.642. The lowest BCUT2D eigenvalue weighted by Crippen LogP contribution is -2.50. The number of carbonyl (C=O) groups is 2. The van der Waals surface area contributed by atoms with Crippen molar-refractivity contribution in [1.29, 1.82) is 0 Å². The fraction of sp³-hybridized carbons (Fsp3) is 0.789. The third-order valence-corrected chi connectivity index (χ3v) is 6.38. The topological polar surface area (TPSA) is 72.4 Å². The van der Waals surface area contributed by atoms with Gasteiger partial charge in [0, 0.05) is 12.1 Å². The number of aryl methyl sites for hydroxylation is 1. The number of aromatic nitrogens is 2. The molecule has 6 nitrogen and oxygen atoms in total. The first-order valence-corrected chi connectivity index (χ1v) is 10.8. The lowest BCUT2D eigenvalue weighted by molar-refractivity contribution is -0.141. The van der Waals surface area contributed by atoms with Crippen LogP contribution in [0, 0.1) is 0 Å². The normalized spacial score (nSPS) is 19.3. The van der Waals surface area contributed by atoms with Crippen LogP contribution >= 0.6 is 11.5 Å². The molecular weight excluding hydrogens is 350 g/mol. The van der Waals surface area contributed by atoms with Crippen LogP contribution in [0.5, 0.6) is 0 Å². The van der Waals surface area contributed by atoms with Crippen molar-refractivity contribution in [2.24, 2.45) is 0 Å². The minimum Gasteiger partial charge on any atom is -0.451 e. The predicted molar refractivity (Wildman–Crippen MR) is 100 cm³/mol. The highest BCUT2D eigenvalue weighted by Crippen LogP contribution is 2.30. The molecule has 26 heavy (non-hydrogen) atoms. The van der Waals surface area contributed by atoms with Crippen LogP contribution < -0.4 is 0 Å². The number of hydrogen-bond donors (Lipinski definition) is 0. The van der Waals surface area contributed by atoms with Crippen molar-refractivity contribution in [3.05, 3.63) is 10.6 Å². The average Bonchev–Trinajstić information content (AvgIpc) is 3.17. The molecule has 1 aromatic heterocycles. The second-order valence-electron chi connectivity index (χ2n) is 7.36. The van der Waals surface area contributed by atoms with Crippen molar-refractivity contribution < 1.29 is 14.3 Å². The van der Waals surface area contributed by atoms with E-state index < -0.39 is 5.97 Å². The van der Waals surface area contributed by atoms with Crippen molar-refractivity contribution in [3.63, 3.8) is 0 Å². The smallest absolute Gasteiger partial charge is 0.352 e. The van der Waals surface area contributed by atoms with Crippen LogP contribution in [0.15, 0.2) is 0 Å². The zero-order chi connectivity index (χ0) is 18.4. The molecule has 0 atom stereocenters. The van der Waals surface area contributed by atoms with Crippen LogP contribution in [0.3, 0.4) is 0 Å². The van der Waals surface area contributed by atoms with Crippen molar-refractivity contribution >= 4 is 23.4 Å². The zero-order valence-corrected chi connectivity index (χ0v) is 16.4. The molecule has 0 unspecified atom stereocenters. The zero-order valence-electron chi connectivity index (χ0n) is 15.6. The Bertz CT molecular complexity index is 589. The second kappa shape index (κ2) is 9.44. The molecule has 0 radical (unpaired) electrons. The van der Waals surface area contributed by atoms with E-state index >= 15 is 0 Å². The van der Waals surface area contributed by atoms with Crippen LogP contribution in [-0.4, -0.2) is 45.1 Å². The molecule has 1 amide bonds. The Morgan fingerprint density at radius 1 is 1.04 bits per heavy atom. The molecule has 2 saturated carbocycles. The minimum atomic E-state index is -0.475. The summed E-state index contributed by atoms with van der Waals surface area (Å²) >= 11 is 1.04. The molecule has 0 spiro atoms. The second-order valence-corrected chi connectivity index (χ2v) is 8.12. The van der Waals surface area contributed by atoms with E-state index in [0.29, 0.717) is 29.1 Å². The maximum absolute atomic E-state index is 13.0. The van der Waals surface area contributed by atoms with Gasteiger partial charge in [-0.1, -0.05) is 49.9 Å². The number of carbonyl (C=O) groups excluding carboxylic acids is 2. The van der Waals surface area contributed by atoms with Gasteiger partial charge in [0.2, 0.25) is 0 Å². The highest BCUT2D eigenvalue weighted by Gasteiger charge is 2.33. The molecule has 2 fully saturated rings. The van der Waals surface area contributed by atoms with E-state index in [4.69, 9.17) is 4.74 Å². The first-order chi connectivity index (χ1) is 12.7. The Labute approximate surface area is 159 Å². The molecule has 1 heterocycles. The SMILES string of the molecule is CCc1nnsc1C(=O)OCC(=O)N(C1CCCCC1)C1CCCCC1. The average molecular weight is 380 g/mol. The molecule has 2 aliphatic rings. The van der Waals surface area contributed by atoms with E-state index in [9.17, 15) is 9.59 Å². The summed E-state index contributed by atoms with van der Waals surface area (Å²) in [6.45, 7) is 1.75. The number of nitrogens with zero attached hydrogens (tertiary/aromatic N) is 3. The van der Waals surface area contributed by atoms with Crippen LogP contribution in [0.4, 0.5) is 0 Å². The predicted octanol–water partition coefficient (Wildman–Crippen LogP) is 3.75. The van der Waals surface area contributed by atoms with Crippen molar-refractivity contribution in [2.45, 2.75) is 89.6 Å². The molecule has 2 aliphatic carbocycles. The van der Waals surface area contributed by atoms with Crippen molar-refractivity contribution in [1.82, 2.24) is 14.5 Å². The summed E-state index contributed by atoms with van der Waals surface area (Å²) in [7, 11) is 0. The van der Waals surface area contributed by atoms with E-state index in [1.54, 1.807) is 0 Å². The van der Waals surface area contributed by atoms with E-state index in [0.717, 1.165) is 37.2 Å². The summed E-state index contributed by atoms with van der Waals surface area (Å²) in [4.78, 5) is 27.8. The molecule has 1 aromatic rings. The monoisotopic (exact) mass is 379 g/mol. The lowest BCUT2D eigenvalue weighted by atomic mass is 9.88. The first-order valence-electron chi connectivity index (χ1n) is 10.00. The molecule has 0 bridgehead atoms. The number of amides is 1.